The van der Waals surface area contributed by atoms with Crippen LogP contribution in [-0.2, 0) is 11.3 Å². The number of ether oxygens (including phenoxy) is 1. The minimum atomic E-state index is -0.546. The second kappa shape index (κ2) is 6.51. The third-order valence-electron chi connectivity index (χ3n) is 3.09. The smallest absolute Gasteiger partial charge is 0.403 e. The van der Waals surface area contributed by atoms with Crippen LogP contribution in [0, 0.1) is 10.1 Å². The number of piperidine rings is 1. The molecule has 6 heteroatoms. The number of hydrogen-bond acceptors (Lipinski definition) is 5. The van der Waals surface area contributed by atoms with Crippen molar-refractivity contribution in [1.29, 1.82) is 0 Å². The van der Waals surface area contributed by atoms with Crippen molar-refractivity contribution < 1.29 is 14.1 Å². The molecule has 0 radical (unpaired) electrons. The van der Waals surface area contributed by atoms with Gasteiger partial charge in [-0.05, 0) is 31.9 Å². The first-order chi connectivity index (χ1) is 8.75. The Morgan fingerprint density at radius 2 is 2.39 bits per heavy atom. The van der Waals surface area contributed by atoms with E-state index >= 15 is 0 Å². The Kier molecular flexibility index (Phi) is 4.72. The zero-order chi connectivity index (χ0) is 12.8. The van der Waals surface area contributed by atoms with Crippen LogP contribution in [0.25, 0.3) is 0 Å². The van der Waals surface area contributed by atoms with Crippen LogP contribution in [0.15, 0.2) is 16.5 Å². The molecule has 0 amide bonds. The average Bonchev–Trinajstić information content (AvgIpc) is 2.85. The first-order valence-electron chi connectivity index (χ1n) is 6.30. The molecule has 1 aliphatic heterocycles. The number of nitrogens with zero attached hydrogens (tertiary/aromatic N) is 1. The molecule has 0 aromatic carbocycles. The van der Waals surface area contributed by atoms with Crippen molar-refractivity contribution in [3.63, 3.8) is 0 Å². The predicted octanol–water partition coefficient (Wildman–Crippen LogP) is 2.24. The second-order valence-corrected chi connectivity index (χ2v) is 4.49. The maximum absolute atomic E-state index is 10.4. The van der Waals surface area contributed by atoms with Crippen LogP contribution >= 0.6 is 0 Å². The first-order valence-corrected chi connectivity index (χ1v) is 6.30. The van der Waals surface area contributed by atoms with Gasteiger partial charge in [-0.15, -0.1) is 0 Å². The summed E-state index contributed by atoms with van der Waals surface area (Å²) in [5, 5.41) is 13.9. The Bertz CT molecular complexity index is 385. The minimum Gasteiger partial charge on any atom is -0.403 e. The molecule has 1 saturated heterocycles. The highest BCUT2D eigenvalue weighted by Gasteiger charge is 2.13. The van der Waals surface area contributed by atoms with E-state index in [9.17, 15) is 10.1 Å². The molecule has 1 aliphatic rings. The summed E-state index contributed by atoms with van der Waals surface area (Å²) in [5.41, 5.74) is 0. The highest BCUT2D eigenvalue weighted by Crippen LogP contribution is 2.16. The maximum Gasteiger partial charge on any atom is 0.433 e. The summed E-state index contributed by atoms with van der Waals surface area (Å²) in [6.45, 7) is 2.03. The van der Waals surface area contributed by atoms with Gasteiger partial charge in [-0.2, -0.15) is 0 Å². The fraction of sp³-hybridized carbons (Fsp3) is 0.667. The predicted molar refractivity (Wildman–Crippen MR) is 65.3 cm³/mol. The molecule has 1 unspecified atom stereocenters. The lowest BCUT2D eigenvalue weighted by Gasteiger charge is -2.23. The highest BCUT2D eigenvalue weighted by molar-refractivity contribution is 5.17. The van der Waals surface area contributed by atoms with Gasteiger partial charge in [-0.1, -0.05) is 6.42 Å². The largest absolute Gasteiger partial charge is 0.433 e. The molecule has 1 aromatic heterocycles. The van der Waals surface area contributed by atoms with Crippen LogP contribution in [0.5, 0.6) is 0 Å². The molecule has 1 fully saturated rings. The molecule has 1 N–H and O–H groups in total. The van der Waals surface area contributed by atoms with E-state index in [1.807, 2.05) is 0 Å². The van der Waals surface area contributed by atoms with E-state index in [4.69, 9.17) is 9.15 Å². The Morgan fingerprint density at radius 1 is 1.50 bits per heavy atom. The van der Waals surface area contributed by atoms with Crippen LogP contribution in [0.1, 0.15) is 31.4 Å². The zero-order valence-corrected chi connectivity index (χ0v) is 10.3. The molecule has 0 saturated carbocycles. The van der Waals surface area contributed by atoms with Crippen LogP contribution < -0.4 is 5.32 Å². The summed E-state index contributed by atoms with van der Waals surface area (Å²) >= 11 is 0. The van der Waals surface area contributed by atoms with Gasteiger partial charge in [0.25, 0.3) is 0 Å². The highest BCUT2D eigenvalue weighted by atomic mass is 16.6. The Morgan fingerprint density at radius 3 is 3.06 bits per heavy atom. The second-order valence-electron chi connectivity index (χ2n) is 4.49. The molecule has 100 valence electrons. The molecule has 2 heterocycles. The van der Waals surface area contributed by atoms with Crippen molar-refractivity contribution in [2.45, 2.75) is 38.3 Å². The van der Waals surface area contributed by atoms with Gasteiger partial charge in [0.1, 0.15) is 17.3 Å². The van der Waals surface area contributed by atoms with E-state index in [0.717, 1.165) is 13.0 Å². The lowest BCUT2D eigenvalue weighted by molar-refractivity contribution is -0.402. The van der Waals surface area contributed by atoms with E-state index < -0.39 is 4.92 Å². The third kappa shape index (κ3) is 3.82. The molecule has 1 aromatic rings. The van der Waals surface area contributed by atoms with Gasteiger partial charge in [0.2, 0.25) is 0 Å². The summed E-state index contributed by atoms with van der Waals surface area (Å²) in [6, 6.07) is 3.47. The standard InChI is InChI=1S/C12H18N2O4/c15-14(16)12-5-4-11(18-12)9-17-8-6-10-3-1-2-7-13-10/h4-5,10,13H,1-3,6-9H2. The fourth-order valence-electron chi connectivity index (χ4n) is 2.11. The lowest BCUT2D eigenvalue weighted by atomic mass is 10.0. The summed E-state index contributed by atoms with van der Waals surface area (Å²) in [5.74, 6) is 0.265. The van der Waals surface area contributed by atoms with Crippen molar-refractivity contribution in [3.05, 3.63) is 28.0 Å². The monoisotopic (exact) mass is 254 g/mol. The Balaban J connectivity index is 1.63. The van der Waals surface area contributed by atoms with Gasteiger partial charge < -0.3 is 14.5 Å². The summed E-state index contributed by atoms with van der Waals surface area (Å²) < 4.78 is 10.5. The van der Waals surface area contributed by atoms with Crippen molar-refractivity contribution >= 4 is 5.88 Å². The van der Waals surface area contributed by atoms with E-state index in [2.05, 4.69) is 5.32 Å². The van der Waals surface area contributed by atoms with Crippen molar-refractivity contribution in [2.75, 3.05) is 13.2 Å². The third-order valence-corrected chi connectivity index (χ3v) is 3.09. The lowest BCUT2D eigenvalue weighted by Crippen LogP contribution is -2.34. The van der Waals surface area contributed by atoms with Gasteiger partial charge in [0, 0.05) is 12.6 Å². The van der Waals surface area contributed by atoms with Crippen molar-refractivity contribution in [2.24, 2.45) is 0 Å². The molecular weight excluding hydrogens is 236 g/mol. The van der Waals surface area contributed by atoms with Crippen LogP contribution in [0.4, 0.5) is 5.88 Å². The molecule has 2 rings (SSSR count). The zero-order valence-electron chi connectivity index (χ0n) is 10.3. The van der Waals surface area contributed by atoms with E-state index in [1.165, 1.54) is 25.3 Å². The van der Waals surface area contributed by atoms with Gasteiger partial charge in [-0.25, -0.2) is 0 Å². The molecule has 0 bridgehead atoms. The van der Waals surface area contributed by atoms with Gasteiger partial charge in [0.15, 0.2) is 0 Å². The summed E-state index contributed by atoms with van der Waals surface area (Å²) in [7, 11) is 0. The van der Waals surface area contributed by atoms with Crippen molar-refractivity contribution in [3.8, 4) is 0 Å². The quantitative estimate of drug-likeness (QED) is 0.478. The van der Waals surface area contributed by atoms with Gasteiger partial charge in [0.05, 0.1) is 6.07 Å². The van der Waals surface area contributed by atoms with Crippen LogP contribution in [0.3, 0.4) is 0 Å². The number of nitrogens with one attached hydrogen (secondary N) is 1. The normalized spacial score (nSPS) is 19.9. The molecule has 1 atom stereocenters. The summed E-state index contributed by atoms with van der Waals surface area (Å²) in [4.78, 5) is 9.87. The fourth-order valence-corrected chi connectivity index (χ4v) is 2.11. The van der Waals surface area contributed by atoms with Crippen LogP contribution in [0.2, 0.25) is 0 Å². The van der Waals surface area contributed by atoms with E-state index in [-0.39, 0.29) is 5.88 Å². The minimum absolute atomic E-state index is 0.234. The number of furan rings is 1. The number of nitro groups is 1. The van der Waals surface area contributed by atoms with Crippen LogP contribution in [-0.4, -0.2) is 24.1 Å². The number of rotatable bonds is 6. The first kappa shape index (κ1) is 13.0. The maximum atomic E-state index is 10.4. The average molecular weight is 254 g/mol. The van der Waals surface area contributed by atoms with Gasteiger partial charge >= 0.3 is 5.88 Å². The Hall–Kier alpha value is -1.40. The number of hydrogen-bond donors (Lipinski definition) is 1. The van der Waals surface area contributed by atoms with Crippen molar-refractivity contribution in [1.82, 2.24) is 5.32 Å². The van der Waals surface area contributed by atoms with E-state index in [1.54, 1.807) is 6.07 Å². The molecule has 0 aliphatic carbocycles. The molecule has 6 nitrogen and oxygen atoms in total. The summed E-state index contributed by atoms with van der Waals surface area (Å²) in [6.07, 6.45) is 4.72. The molecule has 18 heavy (non-hydrogen) atoms. The molecular formula is C12H18N2O4. The molecule has 0 spiro atoms. The van der Waals surface area contributed by atoms with E-state index in [0.29, 0.717) is 25.0 Å². The SMILES string of the molecule is O=[N+]([O-])c1ccc(COCCC2CCCCN2)o1. The topological polar surface area (TPSA) is 77.5 Å². The van der Waals surface area contributed by atoms with Gasteiger partial charge in [-0.3, -0.25) is 10.1 Å². The Labute approximate surface area is 105 Å².